The number of halogens is 1. The van der Waals surface area contributed by atoms with Gasteiger partial charge in [0.25, 0.3) is 0 Å². The first-order valence-corrected chi connectivity index (χ1v) is 5.71. The van der Waals surface area contributed by atoms with Crippen LogP contribution < -0.4 is 5.73 Å². The molecule has 1 aromatic heterocycles. The van der Waals surface area contributed by atoms with Gasteiger partial charge in [-0.2, -0.15) is 5.26 Å². The molecular weight excluding hydrogens is 229 g/mol. The molecule has 2 N–H and O–H groups in total. The molecule has 0 radical (unpaired) electrons. The molecule has 3 nitrogen and oxygen atoms in total. The minimum absolute atomic E-state index is 0.171. The van der Waals surface area contributed by atoms with Crippen LogP contribution in [0.2, 0.25) is 0 Å². The van der Waals surface area contributed by atoms with Crippen LogP contribution in [0.1, 0.15) is 24.2 Å². The summed E-state index contributed by atoms with van der Waals surface area (Å²) in [6.07, 6.45) is 1.82. The number of benzene rings is 1. The minimum Gasteiger partial charge on any atom is -0.330 e. The average molecular weight is 243 g/mol. The largest absolute Gasteiger partial charge is 0.330 e. The maximum atomic E-state index is 12.9. The van der Waals surface area contributed by atoms with Crippen molar-refractivity contribution >= 4 is 0 Å². The van der Waals surface area contributed by atoms with Gasteiger partial charge in [-0.3, -0.25) is 0 Å². The normalized spacial score (nSPS) is 13.9. The Morgan fingerprint density at radius 2 is 1.94 bits per heavy atom. The van der Waals surface area contributed by atoms with Gasteiger partial charge in [-0.05, 0) is 36.8 Å². The maximum absolute atomic E-state index is 12.9. The van der Waals surface area contributed by atoms with Crippen LogP contribution in [0.5, 0.6) is 0 Å². The molecule has 92 valence electrons. The summed E-state index contributed by atoms with van der Waals surface area (Å²) in [5.41, 5.74) is 7.43. The molecule has 0 fully saturated rings. The first kappa shape index (κ1) is 12.3. The minimum atomic E-state index is -0.282. The second-order valence-corrected chi connectivity index (χ2v) is 4.27. The Hall–Kier alpha value is -2.12. The first-order chi connectivity index (χ1) is 8.63. The van der Waals surface area contributed by atoms with Crippen molar-refractivity contribution in [1.82, 2.24) is 4.57 Å². The van der Waals surface area contributed by atoms with Gasteiger partial charge in [0, 0.05) is 12.2 Å². The standard InChI is InChI=1S/C14H14FN3/c1-10(17)14(11-4-6-12(15)7-5-11)18-8-2-3-13(18)9-16/h2-8,10,14H,17H2,1H3. The molecule has 0 amide bonds. The zero-order chi connectivity index (χ0) is 13.1. The third-order valence-electron chi connectivity index (χ3n) is 2.90. The van der Waals surface area contributed by atoms with E-state index in [0.29, 0.717) is 5.69 Å². The zero-order valence-corrected chi connectivity index (χ0v) is 10.0. The molecular formula is C14H14FN3. The van der Waals surface area contributed by atoms with Gasteiger partial charge in [0.15, 0.2) is 0 Å². The third kappa shape index (κ3) is 2.27. The second-order valence-electron chi connectivity index (χ2n) is 4.27. The number of nitriles is 1. The van der Waals surface area contributed by atoms with E-state index in [2.05, 4.69) is 6.07 Å². The molecule has 0 spiro atoms. The van der Waals surface area contributed by atoms with Crippen molar-refractivity contribution < 1.29 is 4.39 Å². The smallest absolute Gasteiger partial charge is 0.123 e. The topological polar surface area (TPSA) is 54.7 Å². The van der Waals surface area contributed by atoms with Gasteiger partial charge in [0.1, 0.15) is 17.6 Å². The average Bonchev–Trinajstić information content (AvgIpc) is 2.79. The van der Waals surface area contributed by atoms with Crippen molar-refractivity contribution in [2.24, 2.45) is 5.73 Å². The molecule has 1 aromatic carbocycles. The Morgan fingerprint density at radius 1 is 1.28 bits per heavy atom. The van der Waals surface area contributed by atoms with E-state index in [4.69, 9.17) is 11.0 Å². The van der Waals surface area contributed by atoms with Crippen LogP contribution in [-0.2, 0) is 0 Å². The van der Waals surface area contributed by atoms with Gasteiger partial charge in [0.05, 0.1) is 6.04 Å². The second kappa shape index (κ2) is 5.03. The van der Waals surface area contributed by atoms with Crippen LogP contribution in [0.25, 0.3) is 0 Å². The Labute approximate surface area is 105 Å². The fourth-order valence-electron chi connectivity index (χ4n) is 2.11. The van der Waals surface area contributed by atoms with Crippen molar-refractivity contribution in [3.8, 4) is 6.07 Å². The van der Waals surface area contributed by atoms with E-state index in [1.807, 2.05) is 17.7 Å². The lowest BCUT2D eigenvalue weighted by atomic mass is 10.0. The molecule has 1 heterocycles. The summed E-state index contributed by atoms with van der Waals surface area (Å²) in [6.45, 7) is 1.87. The van der Waals surface area contributed by atoms with Gasteiger partial charge in [-0.25, -0.2) is 4.39 Å². The highest BCUT2D eigenvalue weighted by Gasteiger charge is 2.19. The van der Waals surface area contributed by atoms with Crippen LogP contribution in [0.15, 0.2) is 42.6 Å². The van der Waals surface area contributed by atoms with Crippen molar-refractivity contribution in [2.45, 2.75) is 19.0 Å². The number of hydrogen-bond donors (Lipinski definition) is 1. The van der Waals surface area contributed by atoms with E-state index >= 15 is 0 Å². The van der Waals surface area contributed by atoms with E-state index in [1.165, 1.54) is 12.1 Å². The third-order valence-corrected chi connectivity index (χ3v) is 2.90. The Morgan fingerprint density at radius 3 is 2.50 bits per heavy atom. The van der Waals surface area contributed by atoms with Crippen LogP contribution in [-0.4, -0.2) is 10.6 Å². The molecule has 0 bridgehead atoms. The lowest BCUT2D eigenvalue weighted by Gasteiger charge is -2.24. The monoisotopic (exact) mass is 243 g/mol. The summed E-state index contributed by atoms with van der Waals surface area (Å²) < 4.78 is 14.8. The van der Waals surface area contributed by atoms with E-state index < -0.39 is 0 Å². The molecule has 0 aliphatic carbocycles. The van der Waals surface area contributed by atoms with Crippen LogP contribution in [0.4, 0.5) is 4.39 Å². The lowest BCUT2D eigenvalue weighted by molar-refractivity contribution is 0.493. The summed E-state index contributed by atoms with van der Waals surface area (Å²) in [7, 11) is 0. The fourth-order valence-corrected chi connectivity index (χ4v) is 2.11. The molecule has 0 saturated heterocycles. The van der Waals surface area contributed by atoms with Crippen LogP contribution in [0.3, 0.4) is 0 Å². The number of aromatic nitrogens is 1. The van der Waals surface area contributed by atoms with Gasteiger partial charge in [-0.15, -0.1) is 0 Å². The molecule has 0 aliphatic rings. The fraction of sp³-hybridized carbons (Fsp3) is 0.214. The first-order valence-electron chi connectivity index (χ1n) is 5.71. The number of hydrogen-bond acceptors (Lipinski definition) is 2. The predicted molar refractivity (Wildman–Crippen MR) is 67.3 cm³/mol. The molecule has 4 heteroatoms. The highest BCUT2D eigenvalue weighted by Crippen LogP contribution is 2.23. The molecule has 0 aliphatic heterocycles. The summed E-state index contributed by atoms with van der Waals surface area (Å²) in [5.74, 6) is -0.282. The molecule has 18 heavy (non-hydrogen) atoms. The van der Waals surface area contributed by atoms with E-state index in [-0.39, 0.29) is 17.9 Å². The molecule has 0 saturated carbocycles. The van der Waals surface area contributed by atoms with Crippen molar-refractivity contribution in [2.75, 3.05) is 0 Å². The van der Waals surface area contributed by atoms with Gasteiger partial charge >= 0.3 is 0 Å². The molecule has 2 unspecified atom stereocenters. The van der Waals surface area contributed by atoms with Crippen molar-refractivity contribution in [3.63, 3.8) is 0 Å². The zero-order valence-electron chi connectivity index (χ0n) is 10.0. The lowest BCUT2D eigenvalue weighted by Crippen LogP contribution is -2.30. The van der Waals surface area contributed by atoms with Crippen LogP contribution in [0, 0.1) is 17.1 Å². The Balaban J connectivity index is 2.47. The van der Waals surface area contributed by atoms with Gasteiger partial charge < -0.3 is 10.3 Å². The molecule has 2 rings (SSSR count). The highest BCUT2D eigenvalue weighted by atomic mass is 19.1. The van der Waals surface area contributed by atoms with E-state index in [1.54, 1.807) is 24.3 Å². The quantitative estimate of drug-likeness (QED) is 0.900. The van der Waals surface area contributed by atoms with E-state index in [0.717, 1.165) is 5.56 Å². The Bertz CT molecular complexity index is 563. The van der Waals surface area contributed by atoms with Crippen LogP contribution >= 0.6 is 0 Å². The van der Waals surface area contributed by atoms with Gasteiger partial charge in [-0.1, -0.05) is 12.1 Å². The maximum Gasteiger partial charge on any atom is 0.123 e. The van der Waals surface area contributed by atoms with Gasteiger partial charge in [0.2, 0.25) is 0 Å². The highest BCUT2D eigenvalue weighted by molar-refractivity contribution is 5.29. The SMILES string of the molecule is CC(N)C(c1ccc(F)cc1)n1cccc1C#N. The Kier molecular flexibility index (Phi) is 3.45. The number of rotatable bonds is 3. The summed E-state index contributed by atoms with van der Waals surface area (Å²) in [5, 5.41) is 9.06. The number of nitrogens with two attached hydrogens (primary N) is 1. The predicted octanol–water partition coefficient (Wildman–Crippen LogP) is 2.44. The van der Waals surface area contributed by atoms with E-state index in [9.17, 15) is 4.39 Å². The summed E-state index contributed by atoms with van der Waals surface area (Å²) in [4.78, 5) is 0. The van der Waals surface area contributed by atoms with Crippen molar-refractivity contribution in [1.29, 1.82) is 5.26 Å². The van der Waals surface area contributed by atoms with Crippen molar-refractivity contribution in [3.05, 3.63) is 59.7 Å². The number of nitrogens with zero attached hydrogens (tertiary/aromatic N) is 2. The summed E-state index contributed by atoms with van der Waals surface area (Å²) >= 11 is 0. The molecule has 2 aromatic rings. The summed E-state index contributed by atoms with van der Waals surface area (Å²) in [6, 6.07) is 11.5. The molecule has 2 atom stereocenters.